The van der Waals surface area contributed by atoms with E-state index in [0.717, 1.165) is 17.9 Å². The van der Waals surface area contributed by atoms with Crippen molar-refractivity contribution in [1.29, 1.82) is 0 Å². The number of hydrogen-bond acceptors (Lipinski definition) is 4. The minimum Gasteiger partial charge on any atom is -0.491 e. The third-order valence-corrected chi connectivity index (χ3v) is 3.42. The van der Waals surface area contributed by atoms with Gasteiger partial charge in [0.2, 0.25) is 5.91 Å². The number of ether oxygens (including phenoxy) is 2. The van der Waals surface area contributed by atoms with E-state index in [9.17, 15) is 4.79 Å². The molecule has 0 unspecified atom stereocenters. The lowest BCUT2D eigenvalue weighted by Crippen LogP contribution is -2.31. The first-order chi connectivity index (χ1) is 11.8. The van der Waals surface area contributed by atoms with Gasteiger partial charge in [-0.15, -0.1) is 0 Å². The topological polar surface area (TPSA) is 59.6 Å². The number of methoxy groups -OCH3 is 1. The molecule has 0 aromatic heterocycles. The number of anilines is 1. The van der Waals surface area contributed by atoms with Crippen molar-refractivity contribution in [1.82, 2.24) is 5.32 Å². The highest BCUT2D eigenvalue weighted by atomic mass is 16.5. The zero-order valence-corrected chi connectivity index (χ0v) is 14.0. The average Bonchev–Trinajstić information content (AvgIpc) is 2.62. The summed E-state index contributed by atoms with van der Waals surface area (Å²) in [5.41, 5.74) is 2.06. The van der Waals surface area contributed by atoms with Crippen LogP contribution in [0.3, 0.4) is 0 Å². The predicted octanol–water partition coefficient (Wildman–Crippen LogP) is 2.48. The number of carbonyl (C=O) groups excluding carboxylic acids is 1. The standard InChI is InChI=1S/C19H24N2O3/c1-23-12-13-24-18-9-5-8-17(14-18)21-15-19(22)20-11-10-16-6-3-2-4-7-16/h2-9,14,21H,10-13,15H2,1H3,(H,20,22). The second-order valence-corrected chi connectivity index (χ2v) is 5.31. The molecule has 0 heterocycles. The van der Waals surface area contributed by atoms with E-state index in [1.54, 1.807) is 7.11 Å². The summed E-state index contributed by atoms with van der Waals surface area (Å²) in [6.45, 7) is 1.91. The van der Waals surface area contributed by atoms with E-state index >= 15 is 0 Å². The molecule has 0 fully saturated rings. The Labute approximate surface area is 143 Å². The Hall–Kier alpha value is -2.53. The Balaban J connectivity index is 1.68. The van der Waals surface area contributed by atoms with Gasteiger partial charge in [-0.1, -0.05) is 36.4 Å². The maximum atomic E-state index is 11.9. The minimum absolute atomic E-state index is 0.0309. The molecular weight excluding hydrogens is 304 g/mol. The molecule has 128 valence electrons. The van der Waals surface area contributed by atoms with Crippen molar-refractivity contribution in [2.75, 3.05) is 38.7 Å². The van der Waals surface area contributed by atoms with Gasteiger partial charge in [0, 0.05) is 25.4 Å². The molecule has 5 heteroatoms. The van der Waals surface area contributed by atoms with Gasteiger partial charge in [0.25, 0.3) is 0 Å². The first-order valence-electron chi connectivity index (χ1n) is 8.04. The third kappa shape index (κ3) is 6.71. The normalized spacial score (nSPS) is 10.2. The highest BCUT2D eigenvalue weighted by molar-refractivity contribution is 5.80. The van der Waals surface area contributed by atoms with Gasteiger partial charge in [-0.05, 0) is 24.1 Å². The van der Waals surface area contributed by atoms with Crippen molar-refractivity contribution >= 4 is 11.6 Å². The zero-order valence-electron chi connectivity index (χ0n) is 14.0. The molecule has 0 aliphatic carbocycles. The van der Waals surface area contributed by atoms with Gasteiger partial charge in [-0.3, -0.25) is 4.79 Å². The fourth-order valence-electron chi connectivity index (χ4n) is 2.17. The van der Waals surface area contributed by atoms with Crippen LogP contribution >= 0.6 is 0 Å². The van der Waals surface area contributed by atoms with Crippen LogP contribution in [-0.4, -0.2) is 39.3 Å². The van der Waals surface area contributed by atoms with Crippen LogP contribution in [0.25, 0.3) is 0 Å². The molecular formula is C19H24N2O3. The van der Waals surface area contributed by atoms with Crippen LogP contribution in [0.15, 0.2) is 54.6 Å². The molecule has 0 atom stereocenters. The Bertz CT molecular complexity index is 617. The van der Waals surface area contributed by atoms with Gasteiger partial charge in [-0.25, -0.2) is 0 Å². The summed E-state index contributed by atoms with van der Waals surface area (Å²) in [4.78, 5) is 11.9. The predicted molar refractivity (Wildman–Crippen MR) is 95.5 cm³/mol. The molecule has 0 aliphatic rings. The van der Waals surface area contributed by atoms with E-state index in [2.05, 4.69) is 22.8 Å². The number of rotatable bonds is 10. The highest BCUT2D eigenvalue weighted by Crippen LogP contribution is 2.16. The Morgan fingerprint density at radius 3 is 2.67 bits per heavy atom. The average molecular weight is 328 g/mol. The number of hydrogen-bond donors (Lipinski definition) is 2. The van der Waals surface area contributed by atoms with Crippen molar-refractivity contribution in [3.63, 3.8) is 0 Å². The molecule has 0 aliphatic heterocycles. The van der Waals surface area contributed by atoms with Crippen molar-refractivity contribution in [3.8, 4) is 5.75 Å². The van der Waals surface area contributed by atoms with Crippen molar-refractivity contribution < 1.29 is 14.3 Å². The van der Waals surface area contributed by atoms with Crippen LogP contribution in [0, 0.1) is 0 Å². The molecule has 2 aromatic rings. The summed E-state index contributed by atoms with van der Waals surface area (Å²) in [6.07, 6.45) is 0.829. The Morgan fingerprint density at radius 2 is 1.88 bits per heavy atom. The molecule has 0 radical (unpaired) electrons. The minimum atomic E-state index is -0.0309. The lowest BCUT2D eigenvalue weighted by molar-refractivity contribution is -0.119. The molecule has 5 nitrogen and oxygen atoms in total. The second kappa shape index (κ2) is 10.3. The summed E-state index contributed by atoms with van der Waals surface area (Å²) in [5.74, 6) is 0.721. The van der Waals surface area contributed by atoms with Crippen LogP contribution in [-0.2, 0) is 16.0 Å². The van der Waals surface area contributed by atoms with Crippen LogP contribution < -0.4 is 15.4 Å². The molecule has 0 spiro atoms. The first-order valence-corrected chi connectivity index (χ1v) is 8.04. The SMILES string of the molecule is COCCOc1cccc(NCC(=O)NCCc2ccccc2)c1. The molecule has 0 bridgehead atoms. The van der Waals surface area contributed by atoms with Gasteiger partial charge < -0.3 is 20.1 Å². The van der Waals surface area contributed by atoms with Gasteiger partial charge in [0.05, 0.1) is 13.2 Å². The van der Waals surface area contributed by atoms with Crippen molar-refractivity contribution in [2.45, 2.75) is 6.42 Å². The quantitative estimate of drug-likeness (QED) is 0.658. The fraction of sp³-hybridized carbons (Fsp3) is 0.316. The summed E-state index contributed by atoms with van der Waals surface area (Å²) in [5, 5.41) is 6.01. The molecule has 0 saturated heterocycles. The van der Waals surface area contributed by atoms with Crippen molar-refractivity contribution in [2.24, 2.45) is 0 Å². The van der Waals surface area contributed by atoms with Crippen molar-refractivity contribution in [3.05, 3.63) is 60.2 Å². The van der Waals surface area contributed by atoms with Crippen LogP contribution in [0.2, 0.25) is 0 Å². The van der Waals surface area contributed by atoms with Crippen LogP contribution in [0.5, 0.6) is 5.75 Å². The van der Waals surface area contributed by atoms with E-state index in [1.165, 1.54) is 5.56 Å². The Morgan fingerprint density at radius 1 is 1.04 bits per heavy atom. The summed E-state index contributed by atoms with van der Waals surface area (Å²) in [7, 11) is 1.64. The van der Waals surface area contributed by atoms with E-state index < -0.39 is 0 Å². The molecule has 2 N–H and O–H groups in total. The maximum absolute atomic E-state index is 11.9. The zero-order chi connectivity index (χ0) is 17.0. The van der Waals surface area contributed by atoms with Gasteiger partial charge >= 0.3 is 0 Å². The molecule has 0 saturated carbocycles. The van der Waals surface area contributed by atoms with E-state index in [0.29, 0.717) is 19.8 Å². The number of amides is 1. The number of benzene rings is 2. The third-order valence-electron chi connectivity index (χ3n) is 3.42. The summed E-state index contributed by atoms with van der Waals surface area (Å²) < 4.78 is 10.5. The highest BCUT2D eigenvalue weighted by Gasteiger charge is 2.02. The van der Waals surface area contributed by atoms with Gasteiger partial charge in [-0.2, -0.15) is 0 Å². The summed E-state index contributed by atoms with van der Waals surface area (Å²) in [6, 6.07) is 17.6. The molecule has 24 heavy (non-hydrogen) atoms. The molecule has 2 rings (SSSR count). The van der Waals surface area contributed by atoms with E-state index in [1.807, 2.05) is 42.5 Å². The lowest BCUT2D eigenvalue weighted by atomic mass is 10.1. The smallest absolute Gasteiger partial charge is 0.239 e. The van der Waals surface area contributed by atoms with Crippen LogP contribution in [0.1, 0.15) is 5.56 Å². The fourth-order valence-corrected chi connectivity index (χ4v) is 2.17. The largest absolute Gasteiger partial charge is 0.491 e. The van der Waals surface area contributed by atoms with E-state index in [4.69, 9.17) is 9.47 Å². The van der Waals surface area contributed by atoms with Gasteiger partial charge in [0.15, 0.2) is 0 Å². The first kappa shape index (κ1) is 17.8. The Kier molecular flexibility index (Phi) is 7.63. The molecule has 2 aromatic carbocycles. The molecule has 1 amide bonds. The maximum Gasteiger partial charge on any atom is 0.239 e. The number of carbonyl (C=O) groups is 1. The summed E-state index contributed by atoms with van der Waals surface area (Å²) >= 11 is 0. The van der Waals surface area contributed by atoms with Crippen LogP contribution in [0.4, 0.5) is 5.69 Å². The lowest BCUT2D eigenvalue weighted by Gasteiger charge is -2.10. The number of nitrogens with one attached hydrogen (secondary N) is 2. The second-order valence-electron chi connectivity index (χ2n) is 5.31. The van der Waals surface area contributed by atoms with Gasteiger partial charge in [0.1, 0.15) is 12.4 Å². The monoisotopic (exact) mass is 328 g/mol. The van der Waals surface area contributed by atoms with E-state index in [-0.39, 0.29) is 12.5 Å².